The molecule has 14 heavy (non-hydrogen) atoms. The molecule has 0 aromatic heterocycles. The van der Waals surface area contributed by atoms with Crippen LogP contribution in [0.3, 0.4) is 0 Å². The van der Waals surface area contributed by atoms with E-state index in [9.17, 15) is 4.79 Å². The van der Waals surface area contributed by atoms with E-state index in [1.165, 1.54) is 19.3 Å². The van der Waals surface area contributed by atoms with Gasteiger partial charge in [-0.2, -0.15) is 0 Å². The van der Waals surface area contributed by atoms with Crippen molar-refractivity contribution < 1.29 is 4.79 Å². The summed E-state index contributed by atoms with van der Waals surface area (Å²) in [6.07, 6.45) is 7.32. The highest BCUT2D eigenvalue weighted by molar-refractivity contribution is 5.84. The third-order valence-corrected chi connectivity index (χ3v) is 3.28. The van der Waals surface area contributed by atoms with E-state index in [0.717, 1.165) is 19.3 Å². The molecule has 0 spiro atoms. The van der Waals surface area contributed by atoms with Crippen LogP contribution < -0.4 is 0 Å². The number of ketones is 1. The van der Waals surface area contributed by atoms with E-state index in [1.54, 1.807) is 0 Å². The molecule has 0 radical (unpaired) electrons. The Morgan fingerprint density at radius 2 is 1.93 bits per heavy atom. The topological polar surface area (TPSA) is 17.1 Å². The first-order valence-electron chi connectivity index (χ1n) is 5.62. The highest BCUT2D eigenvalue weighted by Gasteiger charge is 2.33. The third-order valence-electron chi connectivity index (χ3n) is 3.28. The second kappa shape index (κ2) is 5.20. The quantitative estimate of drug-likeness (QED) is 0.627. The average molecular weight is 192 g/mol. The van der Waals surface area contributed by atoms with Gasteiger partial charge in [0.2, 0.25) is 0 Å². The number of Topliss-reactive ketones (excluding diaryl/α,β-unsaturated/α-hetero) is 1. The van der Waals surface area contributed by atoms with Gasteiger partial charge in [0.25, 0.3) is 0 Å². The second-order valence-corrected chi connectivity index (χ2v) is 4.47. The molecule has 1 heteroatoms. The zero-order valence-corrected chi connectivity index (χ0v) is 9.36. The van der Waals surface area contributed by atoms with Crippen LogP contribution in [0, 0.1) is 17.3 Å². The summed E-state index contributed by atoms with van der Waals surface area (Å²) in [6, 6.07) is 0. The van der Waals surface area contributed by atoms with Crippen molar-refractivity contribution in [1.82, 2.24) is 0 Å². The van der Waals surface area contributed by atoms with Crippen molar-refractivity contribution >= 4 is 5.78 Å². The van der Waals surface area contributed by atoms with Crippen LogP contribution in [-0.2, 0) is 4.79 Å². The van der Waals surface area contributed by atoms with Gasteiger partial charge in [-0.05, 0) is 19.8 Å². The Bertz CT molecular complexity index is 248. The Hall–Kier alpha value is -0.770. The van der Waals surface area contributed by atoms with E-state index in [1.807, 2.05) is 6.92 Å². The smallest absolute Gasteiger partial charge is 0.139 e. The summed E-state index contributed by atoms with van der Waals surface area (Å²) < 4.78 is 0. The van der Waals surface area contributed by atoms with Crippen LogP contribution in [0.5, 0.6) is 0 Å². The zero-order valence-electron chi connectivity index (χ0n) is 9.36. The monoisotopic (exact) mass is 192 g/mol. The van der Waals surface area contributed by atoms with Gasteiger partial charge in [-0.25, -0.2) is 0 Å². The zero-order chi connectivity index (χ0) is 10.4. The number of rotatable bonds is 3. The molecule has 0 saturated heterocycles. The number of hydrogen-bond donors (Lipinski definition) is 0. The first-order chi connectivity index (χ1) is 6.69. The summed E-state index contributed by atoms with van der Waals surface area (Å²) in [5.41, 5.74) is -0.0202. The molecule has 0 aliphatic heterocycles. The fourth-order valence-electron chi connectivity index (χ4n) is 2.21. The lowest BCUT2D eigenvalue weighted by Crippen LogP contribution is -2.29. The van der Waals surface area contributed by atoms with Crippen LogP contribution in [0.15, 0.2) is 0 Å². The van der Waals surface area contributed by atoms with E-state index in [4.69, 9.17) is 0 Å². The molecule has 0 atom stereocenters. The minimum absolute atomic E-state index is 0.0202. The molecule has 0 bridgehead atoms. The molecule has 78 valence electrons. The van der Waals surface area contributed by atoms with Gasteiger partial charge in [0, 0.05) is 18.3 Å². The van der Waals surface area contributed by atoms with Gasteiger partial charge in [0.05, 0.1) is 0 Å². The highest BCUT2D eigenvalue weighted by atomic mass is 16.1. The summed E-state index contributed by atoms with van der Waals surface area (Å²) >= 11 is 0. The fraction of sp³-hybridized carbons (Fsp3) is 0.769. The molecule has 0 heterocycles. The molecule has 0 amide bonds. The van der Waals surface area contributed by atoms with E-state index < -0.39 is 0 Å². The molecule has 0 aromatic rings. The van der Waals surface area contributed by atoms with Crippen molar-refractivity contribution in [3.63, 3.8) is 0 Å². The molecule has 1 fully saturated rings. The average Bonchev–Trinajstić information content (AvgIpc) is 2.19. The molecule has 1 aliphatic carbocycles. The van der Waals surface area contributed by atoms with Gasteiger partial charge in [-0.1, -0.05) is 26.2 Å². The lowest BCUT2D eigenvalue weighted by molar-refractivity contribution is -0.129. The van der Waals surface area contributed by atoms with Crippen molar-refractivity contribution in [2.75, 3.05) is 0 Å². The first-order valence-corrected chi connectivity index (χ1v) is 5.62. The van der Waals surface area contributed by atoms with Crippen molar-refractivity contribution in [3.05, 3.63) is 0 Å². The Kier molecular flexibility index (Phi) is 4.20. The van der Waals surface area contributed by atoms with Crippen LogP contribution in [0.2, 0.25) is 0 Å². The van der Waals surface area contributed by atoms with E-state index in [2.05, 4.69) is 18.8 Å². The molecule has 0 N–H and O–H groups in total. The van der Waals surface area contributed by atoms with Crippen LogP contribution in [0.4, 0.5) is 0 Å². The summed E-state index contributed by atoms with van der Waals surface area (Å²) in [4.78, 5) is 11.9. The van der Waals surface area contributed by atoms with Crippen molar-refractivity contribution in [1.29, 1.82) is 0 Å². The fourth-order valence-corrected chi connectivity index (χ4v) is 2.21. The molecular formula is C13H20O. The van der Waals surface area contributed by atoms with Gasteiger partial charge < -0.3 is 0 Å². The largest absolute Gasteiger partial charge is 0.299 e. The Morgan fingerprint density at radius 3 is 2.50 bits per heavy atom. The first kappa shape index (κ1) is 11.3. The van der Waals surface area contributed by atoms with Gasteiger partial charge in [0.15, 0.2) is 0 Å². The molecule has 1 nitrogen and oxygen atoms in total. The predicted octanol–water partition coefficient (Wildman–Crippen LogP) is 3.33. The van der Waals surface area contributed by atoms with Gasteiger partial charge in [-0.3, -0.25) is 4.79 Å². The van der Waals surface area contributed by atoms with Gasteiger partial charge >= 0.3 is 0 Å². The number of carbonyl (C=O) groups is 1. The molecular weight excluding hydrogens is 172 g/mol. The van der Waals surface area contributed by atoms with Crippen LogP contribution in [0.25, 0.3) is 0 Å². The molecule has 1 rings (SSSR count). The summed E-state index contributed by atoms with van der Waals surface area (Å²) in [6.45, 7) is 3.96. The lowest BCUT2D eigenvalue weighted by atomic mass is 9.72. The Morgan fingerprint density at radius 1 is 1.29 bits per heavy atom. The lowest BCUT2D eigenvalue weighted by Gasteiger charge is -2.31. The van der Waals surface area contributed by atoms with Crippen molar-refractivity contribution in [3.8, 4) is 11.8 Å². The molecule has 0 unspecified atom stereocenters. The van der Waals surface area contributed by atoms with Crippen LogP contribution in [0.1, 0.15) is 58.8 Å². The SMILES string of the molecule is CC#CCCC(=O)C1(C)CCCCC1. The second-order valence-electron chi connectivity index (χ2n) is 4.47. The Labute approximate surface area is 87.3 Å². The summed E-state index contributed by atoms with van der Waals surface area (Å²) in [5.74, 6) is 6.23. The van der Waals surface area contributed by atoms with Crippen LogP contribution >= 0.6 is 0 Å². The maximum atomic E-state index is 11.9. The normalized spacial score (nSPS) is 19.6. The standard InChI is InChI=1S/C13H20O/c1-3-4-6-9-12(14)13(2)10-7-5-8-11-13/h5-11H2,1-2H3. The van der Waals surface area contributed by atoms with Crippen molar-refractivity contribution in [2.45, 2.75) is 58.8 Å². The van der Waals surface area contributed by atoms with Gasteiger partial charge in [0.1, 0.15) is 5.78 Å². The number of hydrogen-bond acceptors (Lipinski definition) is 1. The van der Waals surface area contributed by atoms with E-state index in [0.29, 0.717) is 12.2 Å². The minimum atomic E-state index is -0.0202. The Balaban J connectivity index is 2.43. The number of carbonyl (C=O) groups excluding carboxylic acids is 1. The van der Waals surface area contributed by atoms with Crippen molar-refractivity contribution in [2.24, 2.45) is 5.41 Å². The third kappa shape index (κ3) is 2.87. The molecule has 1 aliphatic rings. The van der Waals surface area contributed by atoms with Crippen LogP contribution in [-0.4, -0.2) is 5.78 Å². The van der Waals surface area contributed by atoms with E-state index >= 15 is 0 Å². The molecule has 1 saturated carbocycles. The molecule has 0 aromatic carbocycles. The summed E-state index contributed by atoms with van der Waals surface area (Å²) in [5, 5.41) is 0. The minimum Gasteiger partial charge on any atom is -0.299 e. The predicted molar refractivity (Wildman–Crippen MR) is 58.9 cm³/mol. The van der Waals surface area contributed by atoms with E-state index in [-0.39, 0.29) is 5.41 Å². The maximum Gasteiger partial charge on any atom is 0.139 e. The maximum absolute atomic E-state index is 11.9. The summed E-state index contributed by atoms with van der Waals surface area (Å²) in [7, 11) is 0. The highest BCUT2D eigenvalue weighted by Crippen LogP contribution is 2.37. The van der Waals surface area contributed by atoms with Gasteiger partial charge in [-0.15, -0.1) is 11.8 Å².